The van der Waals surface area contributed by atoms with Crippen molar-refractivity contribution in [3.63, 3.8) is 0 Å². The van der Waals surface area contributed by atoms with Gasteiger partial charge in [-0.3, -0.25) is 4.79 Å². The number of methoxy groups -OCH3 is 2. The van der Waals surface area contributed by atoms with E-state index in [4.69, 9.17) is 14.2 Å². The predicted molar refractivity (Wildman–Crippen MR) is 103 cm³/mol. The van der Waals surface area contributed by atoms with Gasteiger partial charge in [-0.15, -0.1) is 0 Å². The molecule has 0 fully saturated rings. The summed E-state index contributed by atoms with van der Waals surface area (Å²) in [5.41, 5.74) is 3.17. The molecule has 27 heavy (non-hydrogen) atoms. The smallest absolute Gasteiger partial charge is 0.177 e. The maximum Gasteiger partial charge on any atom is 0.177 e. The van der Waals surface area contributed by atoms with Crippen LogP contribution in [-0.4, -0.2) is 31.7 Å². The summed E-state index contributed by atoms with van der Waals surface area (Å²) in [5.74, 6) is 1.14. The summed E-state index contributed by atoms with van der Waals surface area (Å²) >= 11 is 0. The number of hydrogen-bond donors (Lipinski definition) is 1. The Morgan fingerprint density at radius 2 is 2.00 bits per heavy atom. The van der Waals surface area contributed by atoms with Gasteiger partial charge in [0.25, 0.3) is 0 Å². The summed E-state index contributed by atoms with van der Waals surface area (Å²) in [6.45, 7) is 4.23. The Bertz CT molecular complexity index is 894. The standard InChI is InChI=1S/C22H24O5/c1-13(2)5-6-14-9-17-21(11-20(14)26-4)27-12-18(22(17)24)16-8-7-15(25-3)10-19(16)23/h5,7-11,18,23H,6,12H2,1-4H3. The third kappa shape index (κ3) is 3.77. The first-order valence-corrected chi connectivity index (χ1v) is 8.82. The number of carbonyl (C=O) groups is 1. The molecule has 0 aliphatic carbocycles. The molecule has 5 nitrogen and oxygen atoms in total. The number of ketones is 1. The first kappa shape index (κ1) is 18.8. The van der Waals surface area contributed by atoms with Gasteiger partial charge in [0.2, 0.25) is 0 Å². The second kappa shape index (κ2) is 7.74. The molecule has 2 aromatic rings. The fourth-order valence-corrected chi connectivity index (χ4v) is 3.19. The number of phenolic OH excluding ortho intramolecular Hbond substituents is 1. The monoisotopic (exact) mass is 368 g/mol. The summed E-state index contributed by atoms with van der Waals surface area (Å²) in [6.07, 6.45) is 2.76. The summed E-state index contributed by atoms with van der Waals surface area (Å²) in [7, 11) is 3.14. The van der Waals surface area contributed by atoms with Crippen molar-refractivity contribution in [2.24, 2.45) is 0 Å². The van der Waals surface area contributed by atoms with E-state index in [1.54, 1.807) is 25.3 Å². The molecule has 5 heteroatoms. The molecule has 0 saturated carbocycles. The highest BCUT2D eigenvalue weighted by molar-refractivity contribution is 6.05. The number of aromatic hydroxyl groups is 1. The number of benzene rings is 2. The number of Topliss-reactive ketones (excluding diaryl/α,β-unsaturated/α-hetero) is 1. The van der Waals surface area contributed by atoms with Crippen LogP contribution < -0.4 is 14.2 Å². The lowest BCUT2D eigenvalue weighted by atomic mass is 9.87. The van der Waals surface area contributed by atoms with Crippen molar-refractivity contribution in [1.82, 2.24) is 0 Å². The maximum absolute atomic E-state index is 13.1. The van der Waals surface area contributed by atoms with E-state index in [9.17, 15) is 9.90 Å². The molecule has 0 spiro atoms. The quantitative estimate of drug-likeness (QED) is 0.798. The van der Waals surface area contributed by atoms with Crippen LogP contribution in [0.3, 0.4) is 0 Å². The third-order valence-corrected chi connectivity index (χ3v) is 4.71. The van der Waals surface area contributed by atoms with Crippen LogP contribution in [0.15, 0.2) is 42.0 Å². The lowest BCUT2D eigenvalue weighted by Gasteiger charge is -2.26. The average molecular weight is 368 g/mol. The van der Waals surface area contributed by atoms with E-state index in [2.05, 4.69) is 6.08 Å². The second-order valence-electron chi connectivity index (χ2n) is 6.80. The average Bonchev–Trinajstić information content (AvgIpc) is 2.66. The number of phenols is 1. The molecule has 1 aliphatic rings. The van der Waals surface area contributed by atoms with Crippen LogP contribution in [0.5, 0.6) is 23.0 Å². The third-order valence-electron chi connectivity index (χ3n) is 4.71. The van der Waals surface area contributed by atoms with Gasteiger partial charge in [0.15, 0.2) is 5.78 Å². The van der Waals surface area contributed by atoms with E-state index >= 15 is 0 Å². The van der Waals surface area contributed by atoms with Gasteiger partial charge in [-0.1, -0.05) is 17.7 Å². The van der Waals surface area contributed by atoms with E-state index in [1.807, 2.05) is 19.9 Å². The van der Waals surface area contributed by atoms with Crippen molar-refractivity contribution in [3.8, 4) is 23.0 Å². The van der Waals surface area contributed by atoms with Crippen LogP contribution in [0, 0.1) is 0 Å². The molecule has 0 bridgehead atoms. The SMILES string of the molecule is COc1ccc(C2COc3cc(OC)c(CC=C(C)C)cc3C2=O)c(O)c1. The molecule has 2 aromatic carbocycles. The van der Waals surface area contributed by atoms with E-state index in [0.29, 0.717) is 34.8 Å². The number of ether oxygens (including phenoxy) is 3. The highest BCUT2D eigenvalue weighted by atomic mass is 16.5. The van der Waals surface area contributed by atoms with Crippen molar-refractivity contribution in [2.45, 2.75) is 26.2 Å². The summed E-state index contributed by atoms with van der Waals surface area (Å²) in [6, 6.07) is 8.55. The summed E-state index contributed by atoms with van der Waals surface area (Å²) in [4.78, 5) is 13.1. The Morgan fingerprint density at radius 1 is 1.22 bits per heavy atom. The normalized spacial score (nSPS) is 15.6. The Morgan fingerprint density at radius 3 is 2.63 bits per heavy atom. The number of rotatable bonds is 5. The van der Waals surface area contributed by atoms with Crippen LogP contribution in [0.25, 0.3) is 0 Å². The highest BCUT2D eigenvalue weighted by Crippen LogP contribution is 2.40. The topological polar surface area (TPSA) is 65.0 Å². The largest absolute Gasteiger partial charge is 0.508 e. The van der Waals surface area contributed by atoms with Crippen molar-refractivity contribution in [2.75, 3.05) is 20.8 Å². The van der Waals surface area contributed by atoms with Crippen LogP contribution in [-0.2, 0) is 6.42 Å². The van der Waals surface area contributed by atoms with Crippen LogP contribution in [0.4, 0.5) is 0 Å². The molecular formula is C22H24O5. The van der Waals surface area contributed by atoms with Gasteiger partial charge >= 0.3 is 0 Å². The number of carbonyl (C=O) groups excluding carboxylic acids is 1. The van der Waals surface area contributed by atoms with E-state index in [-0.39, 0.29) is 18.1 Å². The van der Waals surface area contributed by atoms with Gasteiger partial charge in [-0.2, -0.15) is 0 Å². The van der Waals surface area contributed by atoms with E-state index in [1.165, 1.54) is 18.7 Å². The van der Waals surface area contributed by atoms with Gasteiger partial charge in [0, 0.05) is 17.7 Å². The molecule has 0 saturated heterocycles. The van der Waals surface area contributed by atoms with Gasteiger partial charge < -0.3 is 19.3 Å². The van der Waals surface area contributed by atoms with Crippen LogP contribution in [0.1, 0.15) is 41.3 Å². The lowest BCUT2D eigenvalue weighted by molar-refractivity contribution is 0.0893. The molecule has 0 radical (unpaired) electrons. The fraction of sp³-hybridized carbons (Fsp3) is 0.318. The Kier molecular flexibility index (Phi) is 5.40. The second-order valence-corrected chi connectivity index (χ2v) is 6.80. The van der Waals surface area contributed by atoms with Gasteiger partial charge in [-0.25, -0.2) is 0 Å². The number of fused-ring (bicyclic) bond motifs is 1. The zero-order chi connectivity index (χ0) is 19.6. The minimum atomic E-state index is -0.562. The molecule has 0 amide bonds. The molecule has 1 N–H and O–H groups in total. The van der Waals surface area contributed by atoms with Gasteiger partial charge in [-0.05, 0) is 38.0 Å². The molecule has 1 unspecified atom stereocenters. The Labute approximate surface area is 159 Å². The number of allylic oxidation sites excluding steroid dienone is 2. The van der Waals surface area contributed by atoms with Gasteiger partial charge in [0.05, 0.1) is 25.7 Å². The molecule has 3 rings (SSSR count). The fourth-order valence-electron chi connectivity index (χ4n) is 3.19. The minimum Gasteiger partial charge on any atom is -0.508 e. The molecule has 1 heterocycles. The first-order valence-electron chi connectivity index (χ1n) is 8.82. The molecular weight excluding hydrogens is 344 g/mol. The van der Waals surface area contributed by atoms with Crippen molar-refractivity contribution in [1.29, 1.82) is 0 Å². The van der Waals surface area contributed by atoms with Crippen LogP contribution >= 0.6 is 0 Å². The van der Waals surface area contributed by atoms with Gasteiger partial charge in [0.1, 0.15) is 29.6 Å². The summed E-state index contributed by atoms with van der Waals surface area (Å²) in [5, 5.41) is 10.3. The summed E-state index contributed by atoms with van der Waals surface area (Å²) < 4.78 is 16.4. The predicted octanol–water partition coefficient (Wildman–Crippen LogP) is 4.28. The van der Waals surface area contributed by atoms with Crippen molar-refractivity contribution >= 4 is 5.78 Å². The molecule has 1 atom stereocenters. The van der Waals surface area contributed by atoms with E-state index < -0.39 is 5.92 Å². The van der Waals surface area contributed by atoms with Crippen LogP contribution in [0.2, 0.25) is 0 Å². The Balaban J connectivity index is 1.98. The molecule has 0 aromatic heterocycles. The van der Waals surface area contributed by atoms with Crippen molar-refractivity contribution < 1.29 is 24.1 Å². The minimum absolute atomic E-state index is 0.0260. The van der Waals surface area contributed by atoms with E-state index in [0.717, 1.165) is 5.56 Å². The number of hydrogen-bond acceptors (Lipinski definition) is 5. The zero-order valence-electron chi connectivity index (χ0n) is 16.0. The Hall–Kier alpha value is -2.95. The maximum atomic E-state index is 13.1. The highest BCUT2D eigenvalue weighted by Gasteiger charge is 2.33. The molecule has 142 valence electrons. The van der Waals surface area contributed by atoms with Crippen molar-refractivity contribution in [3.05, 3.63) is 58.7 Å². The first-order chi connectivity index (χ1) is 12.9. The lowest BCUT2D eigenvalue weighted by Crippen LogP contribution is -2.26. The molecule has 1 aliphatic heterocycles. The zero-order valence-corrected chi connectivity index (χ0v) is 16.0.